The summed E-state index contributed by atoms with van der Waals surface area (Å²) < 4.78 is 12.2. The van der Waals surface area contributed by atoms with E-state index in [1.165, 1.54) is 17.7 Å². The number of ether oxygens (including phenoxy) is 2. The molecule has 0 saturated heterocycles. The largest absolute Gasteiger partial charge is 0.493 e. The summed E-state index contributed by atoms with van der Waals surface area (Å²) >= 11 is 3.56. The standard InChI is InChI=1S/C22H21BrN2O4/c1-15-5-3-4-6-20(15)24-13-17-11-19(23)22(21(12-17)28-2)29-14-16-7-9-18(10-8-16)25(26)27/h3-12,24H,13-14H2,1-2H3. The van der Waals surface area contributed by atoms with Crippen LogP contribution >= 0.6 is 15.9 Å². The van der Waals surface area contributed by atoms with Crippen molar-refractivity contribution in [2.45, 2.75) is 20.1 Å². The number of hydrogen-bond donors (Lipinski definition) is 1. The van der Waals surface area contributed by atoms with Crippen molar-refractivity contribution in [2.75, 3.05) is 12.4 Å². The lowest BCUT2D eigenvalue weighted by atomic mass is 10.1. The predicted molar refractivity (Wildman–Crippen MR) is 117 cm³/mol. The van der Waals surface area contributed by atoms with Gasteiger partial charge in [-0.15, -0.1) is 0 Å². The van der Waals surface area contributed by atoms with Crippen molar-refractivity contribution in [1.29, 1.82) is 0 Å². The van der Waals surface area contributed by atoms with Gasteiger partial charge in [0.1, 0.15) is 6.61 Å². The fourth-order valence-corrected chi connectivity index (χ4v) is 3.46. The molecule has 0 saturated carbocycles. The SMILES string of the molecule is COc1cc(CNc2ccccc2C)cc(Br)c1OCc1ccc([N+](=O)[O-])cc1. The monoisotopic (exact) mass is 456 g/mol. The van der Waals surface area contributed by atoms with Crippen molar-refractivity contribution < 1.29 is 14.4 Å². The van der Waals surface area contributed by atoms with Gasteiger partial charge in [-0.25, -0.2) is 0 Å². The third-order valence-corrected chi connectivity index (χ3v) is 5.04. The lowest BCUT2D eigenvalue weighted by molar-refractivity contribution is -0.384. The van der Waals surface area contributed by atoms with Crippen LogP contribution in [0.4, 0.5) is 11.4 Å². The van der Waals surface area contributed by atoms with Gasteiger partial charge in [-0.05, 0) is 69.9 Å². The average Bonchev–Trinajstić information content (AvgIpc) is 2.72. The maximum atomic E-state index is 10.8. The van der Waals surface area contributed by atoms with Gasteiger partial charge < -0.3 is 14.8 Å². The first-order valence-corrected chi connectivity index (χ1v) is 9.79. The highest BCUT2D eigenvalue weighted by molar-refractivity contribution is 9.10. The zero-order valence-corrected chi connectivity index (χ0v) is 17.7. The first-order valence-electron chi connectivity index (χ1n) is 9.00. The molecule has 0 amide bonds. The Morgan fingerprint density at radius 1 is 1.07 bits per heavy atom. The topological polar surface area (TPSA) is 73.6 Å². The van der Waals surface area contributed by atoms with Gasteiger partial charge in [0.25, 0.3) is 5.69 Å². The number of anilines is 1. The molecule has 0 aromatic heterocycles. The number of halogens is 1. The number of nitrogens with one attached hydrogen (secondary N) is 1. The molecule has 3 aromatic carbocycles. The Balaban J connectivity index is 1.71. The number of aryl methyl sites for hydroxylation is 1. The molecule has 0 aliphatic carbocycles. The van der Waals surface area contributed by atoms with E-state index in [2.05, 4.69) is 34.2 Å². The maximum absolute atomic E-state index is 10.8. The summed E-state index contributed by atoms with van der Waals surface area (Å²) in [6.07, 6.45) is 0. The van der Waals surface area contributed by atoms with Crippen molar-refractivity contribution >= 4 is 27.3 Å². The molecule has 0 atom stereocenters. The molecule has 0 bridgehead atoms. The van der Waals surface area contributed by atoms with Gasteiger partial charge >= 0.3 is 0 Å². The molecule has 29 heavy (non-hydrogen) atoms. The van der Waals surface area contributed by atoms with Crippen LogP contribution in [0, 0.1) is 17.0 Å². The van der Waals surface area contributed by atoms with Crippen LogP contribution in [0.1, 0.15) is 16.7 Å². The quantitative estimate of drug-likeness (QED) is 0.339. The zero-order chi connectivity index (χ0) is 20.8. The molecule has 3 aromatic rings. The van der Waals surface area contributed by atoms with Crippen LogP contribution in [0.25, 0.3) is 0 Å². The highest BCUT2D eigenvalue weighted by Gasteiger charge is 2.13. The summed E-state index contributed by atoms with van der Waals surface area (Å²) in [6, 6.07) is 18.3. The molecule has 150 valence electrons. The van der Waals surface area contributed by atoms with Crippen LogP contribution in [0.3, 0.4) is 0 Å². The number of methoxy groups -OCH3 is 1. The zero-order valence-electron chi connectivity index (χ0n) is 16.1. The minimum atomic E-state index is -0.423. The van der Waals surface area contributed by atoms with E-state index in [9.17, 15) is 10.1 Å². The van der Waals surface area contributed by atoms with Crippen molar-refractivity contribution in [3.8, 4) is 11.5 Å². The van der Waals surface area contributed by atoms with Gasteiger partial charge in [0, 0.05) is 24.4 Å². The number of nitrogens with zero attached hydrogens (tertiary/aromatic N) is 1. The van der Waals surface area contributed by atoms with E-state index < -0.39 is 4.92 Å². The summed E-state index contributed by atoms with van der Waals surface area (Å²) in [4.78, 5) is 10.3. The summed E-state index contributed by atoms with van der Waals surface area (Å²) in [6.45, 7) is 2.98. The van der Waals surface area contributed by atoms with Crippen LogP contribution in [0.15, 0.2) is 65.1 Å². The third kappa shape index (κ3) is 5.26. The van der Waals surface area contributed by atoms with Crippen LogP contribution in [0.5, 0.6) is 11.5 Å². The fourth-order valence-electron chi connectivity index (χ4n) is 2.85. The van der Waals surface area contributed by atoms with Gasteiger partial charge in [0.2, 0.25) is 0 Å². The molecule has 6 nitrogen and oxygen atoms in total. The second-order valence-electron chi connectivity index (χ2n) is 6.49. The minimum Gasteiger partial charge on any atom is -0.493 e. The average molecular weight is 457 g/mol. The van der Waals surface area contributed by atoms with Crippen molar-refractivity contribution in [1.82, 2.24) is 0 Å². The normalized spacial score (nSPS) is 10.4. The second-order valence-corrected chi connectivity index (χ2v) is 7.34. The number of hydrogen-bond acceptors (Lipinski definition) is 5. The van der Waals surface area contributed by atoms with Crippen LogP contribution < -0.4 is 14.8 Å². The van der Waals surface area contributed by atoms with E-state index in [1.807, 2.05) is 30.3 Å². The Labute approximate surface area is 177 Å². The van der Waals surface area contributed by atoms with Crippen LogP contribution in [-0.4, -0.2) is 12.0 Å². The molecule has 0 unspecified atom stereocenters. The van der Waals surface area contributed by atoms with Crippen LogP contribution in [-0.2, 0) is 13.2 Å². The molecular weight excluding hydrogens is 436 g/mol. The summed E-state index contributed by atoms with van der Waals surface area (Å²) in [5.41, 5.74) is 4.19. The number of para-hydroxylation sites is 1. The maximum Gasteiger partial charge on any atom is 0.269 e. The summed E-state index contributed by atoms with van der Waals surface area (Å²) in [5, 5.41) is 14.2. The summed E-state index contributed by atoms with van der Waals surface area (Å²) in [5.74, 6) is 1.20. The van der Waals surface area contributed by atoms with Crippen molar-refractivity contribution in [3.05, 3.63) is 91.9 Å². The van der Waals surface area contributed by atoms with Crippen molar-refractivity contribution in [3.63, 3.8) is 0 Å². The molecule has 3 rings (SSSR count). The van der Waals surface area contributed by atoms with E-state index in [4.69, 9.17) is 9.47 Å². The minimum absolute atomic E-state index is 0.0537. The first-order chi connectivity index (χ1) is 14.0. The number of nitro benzene ring substituents is 1. The molecule has 0 fully saturated rings. The Morgan fingerprint density at radius 3 is 2.45 bits per heavy atom. The van der Waals surface area contributed by atoms with E-state index in [-0.39, 0.29) is 12.3 Å². The lowest BCUT2D eigenvalue weighted by Crippen LogP contribution is -2.03. The van der Waals surface area contributed by atoms with Crippen molar-refractivity contribution in [2.24, 2.45) is 0 Å². The Kier molecular flexibility index (Phi) is 6.72. The molecule has 0 radical (unpaired) electrons. The van der Waals surface area contributed by atoms with E-state index >= 15 is 0 Å². The molecule has 0 aliphatic rings. The highest BCUT2D eigenvalue weighted by atomic mass is 79.9. The molecule has 7 heteroatoms. The lowest BCUT2D eigenvalue weighted by Gasteiger charge is -2.15. The van der Waals surface area contributed by atoms with E-state index in [0.717, 1.165) is 21.3 Å². The number of non-ortho nitro benzene ring substituents is 1. The fraction of sp³-hybridized carbons (Fsp3) is 0.182. The molecule has 0 spiro atoms. The second kappa shape index (κ2) is 9.43. The number of nitro groups is 1. The van der Waals surface area contributed by atoms with Gasteiger partial charge in [-0.1, -0.05) is 18.2 Å². The van der Waals surface area contributed by atoms with E-state index in [1.54, 1.807) is 19.2 Å². The number of rotatable bonds is 8. The Morgan fingerprint density at radius 2 is 1.79 bits per heavy atom. The van der Waals surface area contributed by atoms with Crippen LogP contribution in [0.2, 0.25) is 0 Å². The smallest absolute Gasteiger partial charge is 0.269 e. The highest BCUT2D eigenvalue weighted by Crippen LogP contribution is 2.37. The van der Waals surface area contributed by atoms with Gasteiger partial charge in [-0.2, -0.15) is 0 Å². The Bertz CT molecular complexity index is 1010. The predicted octanol–water partition coefficient (Wildman–Crippen LogP) is 5.87. The van der Waals surface area contributed by atoms with Gasteiger partial charge in [-0.3, -0.25) is 10.1 Å². The molecule has 1 N–H and O–H groups in total. The molecular formula is C22H21BrN2O4. The van der Waals surface area contributed by atoms with E-state index in [0.29, 0.717) is 18.0 Å². The molecule has 0 heterocycles. The van der Waals surface area contributed by atoms with Gasteiger partial charge in [0.15, 0.2) is 11.5 Å². The Hall–Kier alpha value is -3.06. The number of benzene rings is 3. The summed E-state index contributed by atoms with van der Waals surface area (Å²) in [7, 11) is 1.60. The van der Waals surface area contributed by atoms with Gasteiger partial charge in [0.05, 0.1) is 16.5 Å². The first kappa shape index (κ1) is 20.7. The third-order valence-electron chi connectivity index (χ3n) is 4.45. The molecule has 0 aliphatic heterocycles.